The van der Waals surface area contributed by atoms with E-state index in [2.05, 4.69) is 26.2 Å². The predicted octanol–water partition coefficient (Wildman–Crippen LogP) is 3.41. The Morgan fingerprint density at radius 3 is 2.50 bits per heavy atom. The van der Waals surface area contributed by atoms with Gasteiger partial charge in [-0.05, 0) is 44.5 Å². The second-order valence-corrected chi connectivity index (χ2v) is 5.23. The molecule has 1 heterocycles. The lowest BCUT2D eigenvalue weighted by atomic mass is 10.2. The summed E-state index contributed by atoms with van der Waals surface area (Å²) in [5.41, 5.74) is 2.77. The molecule has 0 aliphatic heterocycles. The van der Waals surface area contributed by atoms with Crippen molar-refractivity contribution in [1.29, 1.82) is 0 Å². The van der Waals surface area contributed by atoms with Crippen LogP contribution in [0.4, 0.5) is 0 Å². The van der Waals surface area contributed by atoms with E-state index in [9.17, 15) is 0 Å². The molecule has 0 amide bonds. The summed E-state index contributed by atoms with van der Waals surface area (Å²) in [6, 6.07) is 6.08. The molecule has 108 valence electrons. The van der Waals surface area contributed by atoms with Crippen LogP contribution in [-0.2, 0) is 9.47 Å². The third-order valence-electron chi connectivity index (χ3n) is 2.68. The van der Waals surface area contributed by atoms with Gasteiger partial charge in [0.25, 0.3) is 0 Å². The van der Waals surface area contributed by atoms with Gasteiger partial charge in [-0.1, -0.05) is 21.1 Å². The minimum atomic E-state index is -0.466. The maximum absolute atomic E-state index is 5.52. The first-order valence-corrected chi connectivity index (χ1v) is 7.36. The molecule has 5 nitrogen and oxygen atoms in total. The van der Waals surface area contributed by atoms with E-state index in [-0.39, 0.29) is 0 Å². The number of hydrogen-bond acceptors (Lipinski definition) is 4. The minimum Gasteiger partial charge on any atom is -0.347 e. The summed E-state index contributed by atoms with van der Waals surface area (Å²) in [4.78, 5) is 0. The molecule has 0 radical (unpaired) electrons. The van der Waals surface area contributed by atoms with Crippen molar-refractivity contribution in [1.82, 2.24) is 15.0 Å². The number of rotatable bonds is 6. The van der Waals surface area contributed by atoms with E-state index >= 15 is 0 Å². The summed E-state index contributed by atoms with van der Waals surface area (Å²) in [6.07, 6.45) is 1.36. The fourth-order valence-corrected chi connectivity index (χ4v) is 2.48. The van der Waals surface area contributed by atoms with Crippen molar-refractivity contribution < 1.29 is 9.47 Å². The lowest BCUT2D eigenvalue weighted by Crippen LogP contribution is -2.09. The maximum atomic E-state index is 5.52. The molecule has 0 aliphatic rings. The van der Waals surface area contributed by atoms with Gasteiger partial charge in [0.05, 0.1) is 11.9 Å². The Balaban J connectivity index is 2.27. The zero-order valence-electron chi connectivity index (χ0n) is 11.8. The number of benzene rings is 1. The third kappa shape index (κ3) is 3.65. The molecule has 20 heavy (non-hydrogen) atoms. The van der Waals surface area contributed by atoms with E-state index in [0.29, 0.717) is 18.9 Å². The van der Waals surface area contributed by atoms with Crippen molar-refractivity contribution in [2.45, 2.75) is 27.1 Å². The van der Waals surface area contributed by atoms with Crippen LogP contribution in [0.5, 0.6) is 0 Å². The molecule has 1 aromatic heterocycles. The Morgan fingerprint density at radius 2 is 1.90 bits per heavy atom. The second-order valence-electron chi connectivity index (χ2n) is 4.32. The molecular formula is C14H18BrN3O2. The van der Waals surface area contributed by atoms with Gasteiger partial charge in [-0.25, -0.2) is 4.68 Å². The summed E-state index contributed by atoms with van der Waals surface area (Å²) >= 11 is 3.48. The summed E-state index contributed by atoms with van der Waals surface area (Å²) < 4.78 is 13.8. The SMILES string of the molecule is CCOC(OCC)c1cn(-c2cc(C)cc(Br)c2)nn1. The van der Waals surface area contributed by atoms with Crippen LogP contribution in [0.2, 0.25) is 0 Å². The molecule has 2 aromatic rings. The molecule has 0 atom stereocenters. The highest BCUT2D eigenvalue weighted by Gasteiger charge is 2.16. The molecule has 2 rings (SSSR count). The number of hydrogen-bond donors (Lipinski definition) is 0. The van der Waals surface area contributed by atoms with E-state index < -0.39 is 6.29 Å². The highest BCUT2D eigenvalue weighted by Crippen LogP contribution is 2.20. The first kappa shape index (κ1) is 15.2. The highest BCUT2D eigenvalue weighted by molar-refractivity contribution is 9.10. The molecule has 6 heteroatoms. The summed E-state index contributed by atoms with van der Waals surface area (Å²) in [5, 5.41) is 8.28. The first-order chi connectivity index (χ1) is 9.63. The standard InChI is InChI=1S/C14H18BrN3O2/c1-4-19-14(20-5-2)13-9-18(17-16-13)12-7-10(3)6-11(15)8-12/h6-9,14H,4-5H2,1-3H3. The number of ether oxygens (including phenoxy) is 2. The number of nitrogens with zero attached hydrogens (tertiary/aromatic N) is 3. The lowest BCUT2D eigenvalue weighted by molar-refractivity contribution is -0.142. The quantitative estimate of drug-likeness (QED) is 0.756. The van der Waals surface area contributed by atoms with E-state index in [1.165, 1.54) is 0 Å². The van der Waals surface area contributed by atoms with Crippen LogP contribution in [0.1, 0.15) is 31.4 Å². The zero-order valence-corrected chi connectivity index (χ0v) is 13.4. The maximum Gasteiger partial charge on any atom is 0.204 e. The minimum absolute atomic E-state index is 0.466. The fraction of sp³-hybridized carbons (Fsp3) is 0.429. The molecule has 0 fully saturated rings. The van der Waals surface area contributed by atoms with Crippen molar-refractivity contribution in [2.75, 3.05) is 13.2 Å². The van der Waals surface area contributed by atoms with Crippen LogP contribution >= 0.6 is 15.9 Å². The summed E-state index contributed by atoms with van der Waals surface area (Å²) in [5.74, 6) is 0. The van der Waals surface area contributed by atoms with Crippen molar-refractivity contribution in [2.24, 2.45) is 0 Å². The molecule has 0 unspecified atom stereocenters. The van der Waals surface area contributed by atoms with Crippen molar-refractivity contribution in [3.05, 3.63) is 40.1 Å². The van der Waals surface area contributed by atoms with Crippen LogP contribution in [-0.4, -0.2) is 28.2 Å². The van der Waals surface area contributed by atoms with E-state index in [0.717, 1.165) is 15.7 Å². The monoisotopic (exact) mass is 339 g/mol. The molecule has 0 saturated carbocycles. The normalized spacial score (nSPS) is 11.2. The highest BCUT2D eigenvalue weighted by atomic mass is 79.9. The molecule has 0 bridgehead atoms. The molecule has 1 aromatic carbocycles. The number of aryl methyl sites for hydroxylation is 1. The third-order valence-corrected chi connectivity index (χ3v) is 3.14. The van der Waals surface area contributed by atoms with Gasteiger partial charge in [-0.3, -0.25) is 0 Å². The smallest absolute Gasteiger partial charge is 0.204 e. The van der Waals surface area contributed by atoms with Gasteiger partial charge >= 0.3 is 0 Å². The average molecular weight is 340 g/mol. The number of aromatic nitrogens is 3. The topological polar surface area (TPSA) is 49.2 Å². The first-order valence-electron chi connectivity index (χ1n) is 6.57. The van der Waals surface area contributed by atoms with Crippen molar-refractivity contribution in [3.63, 3.8) is 0 Å². The summed E-state index contributed by atoms with van der Waals surface area (Å²) in [7, 11) is 0. The molecule has 0 N–H and O–H groups in total. The Bertz CT molecular complexity index is 545. The van der Waals surface area contributed by atoms with E-state index in [4.69, 9.17) is 9.47 Å². The van der Waals surface area contributed by atoms with E-state index in [1.807, 2.05) is 45.2 Å². The molecule has 0 saturated heterocycles. The molecule has 0 spiro atoms. The van der Waals surface area contributed by atoms with Crippen molar-refractivity contribution in [3.8, 4) is 5.69 Å². The fourth-order valence-electron chi connectivity index (χ4n) is 1.88. The van der Waals surface area contributed by atoms with Gasteiger partial charge in [-0.15, -0.1) is 5.10 Å². The average Bonchev–Trinajstić information content (AvgIpc) is 2.87. The summed E-state index contributed by atoms with van der Waals surface area (Å²) in [6.45, 7) is 7.01. The van der Waals surface area contributed by atoms with Crippen LogP contribution in [0, 0.1) is 6.92 Å². The van der Waals surface area contributed by atoms with Crippen molar-refractivity contribution >= 4 is 15.9 Å². The van der Waals surface area contributed by atoms with Gasteiger partial charge in [-0.2, -0.15) is 0 Å². The van der Waals surface area contributed by atoms with Crippen LogP contribution in [0.15, 0.2) is 28.9 Å². The Labute approximate surface area is 127 Å². The van der Waals surface area contributed by atoms with Gasteiger partial charge in [0.15, 0.2) is 0 Å². The largest absolute Gasteiger partial charge is 0.347 e. The number of halogens is 1. The Hall–Kier alpha value is -1.24. The molecular weight excluding hydrogens is 322 g/mol. The second kappa shape index (κ2) is 6.97. The van der Waals surface area contributed by atoms with Gasteiger partial charge in [0, 0.05) is 17.7 Å². The van der Waals surface area contributed by atoms with Crippen LogP contribution in [0.3, 0.4) is 0 Å². The molecule has 0 aliphatic carbocycles. The predicted molar refractivity (Wildman–Crippen MR) is 79.8 cm³/mol. The zero-order chi connectivity index (χ0) is 14.5. The van der Waals surface area contributed by atoms with Gasteiger partial charge < -0.3 is 9.47 Å². The lowest BCUT2D eigenvalue weighted by Gasteiger charge is -2.13. The van der Waals surface area contributed by atoms with Crippen LogP contribution in [0.25, 0.3) is 5.69 Å². The van der Waals surface area contributed by atoms with Crippen LogP contribution < -0.4 is 0 Å². The Morgan fingerprint density at radius 1 is 1.20 bits per heavy atom. The van der Waals surface area contributed by atoms with E-state index in [1.54, 1.807) is 4.68 Å². The van der Waals surface area contributed by atoms with Gasteiger partial charge in [0.1, 0.15) is 5.69 Å². The van der Waals surface area contributed by atoms with Gasteiger partial charge in [0.2, 0.25) is 6.29 Å². The Kier molecular flexibility index (Phi) is 5.28.